The van der Waals surface area contributed by atoms with Crippen LogP contribution >= 0.6 is 11.3 Å². The summed E-state index contributed by atoms with van der Waals surface area (Å²) in [4.78, 5) is 17.0. The van der Waals surface area contributed by atoms with Gasteiger partial charge in [0.1, 0.15) is 0 Å². The molecule has 0 radical (unpaired) electrons. The summed E-state index contributed by atoms with van der Waals surface area (Å²) >= 11 is 1.43. The van der Waals surface area contributed by atoms with E-state index in [1.807, 2.05) is 6.92 Å². The molecule has 0 amide bonds. The third kappa shape index (κ3) is 3.64. The molecule has 1 fully saturated rings. The Morgan fingerprint density at radius 2 is 2.14 bits per heavy atom. The van der Waals surface area contributed by atoms with Gasteiger partial charge in [-0.05, 0) is 19.3 Å². The highest BCUT2D eigenvalue weighted by atomic mass is 32.1. The van der Waals surface area contributed by atoms with Gasteiger partial charge in [-0.25, -0.2) is 4.98 Å². The van der Waals surface area contributed by atoms with Crippen LogP contribution in [0.4, 0.5) is 5.13 Å². The molecule has 120 valence electrons. The lowest BCUT2D eigenvalue weighted by Crippen LogP contribution is -2.34. The van der Waals surface area contributed by atoms with E-state index in [1.165, 1.54) is 48.0 Å². The second-order valence-corrected chi connectivity index (χ2v) is 6.71. The lowest BCUT2D eigenvalue weighted by atomic mass is 9.95. The first-order chi connectivity index (χ1) is 10.8. The van der Waals surface area contributed by atoms with E-state index in [9.17, 15) is 4.79 Å². The molecule has 22 heavy (non-hydrogen) atoms. The van der Waals surface area contributed by atoms with E-state index >= 15 is 0 Å². The number of nitrogens with zero attached hydrogens (tertiary/aromatic N) is 3. The molecular weight excluding hydrogens is 298 g/mol. The van der Waals surface area contributed by atoms with Crippen molar-refractivity contribution in [2.45, 2.75) is 51.5 Å². The summed E-state index contributed by atoms with van der Waals surface area (Å²) in [5.41, 5.74) is 0.714. The predicted octanol–water partition coefficient (Wildman–Crippen LogP) is 2.05. The van der Waals surface area contributed by atoms with Crippen LogP contribution in [0.2, 0.25) is 0 Å². The van der Waals surface area contributed by atoms with Crippen LogP contribution in [0.1, 0.15) is 44.7 Å². The molecular formula is C15H23N5OS. The van der Waals surface area contributed by atoms with E-state index in [2.05, 4.69) is 20.7 Å². The Labute approximate surface area is 134 Å². The van der Waals surface area contributed by atoms with Crippen LogP contribution in [0.15, 0.2) is 10.9 Å². The number of hydrogen-bond acceptors (Lipinski definition) is 6. The molecule has 0 aliphatic heterocycles. The Hall–Kier alpha value is -1.47. The Balaban J connectivity index is 1.55. The van der Waals surface area contributed by atoms with Crippen LogP contribution in [-0.4, -0.2) is 33.7 Å². The topological polar surface area (TPSA) is 71.3 Å². The van der Waals surface area contributed by atoms with E-state index in [0.717, 1.165) is 30.3 Å². The van der Waals surface area contributed by atoms with Gasteiger partial charge in [-0.2, -0.15) is 4.52 Å². The SMILES string of the molecule is CCc1cc(=O)n2nc(NCCNC3CCCCC3)sc2n1. The first kappa shape index (κ1) is 15.4. The van der Waals surface area contributed by atoms with Crippen molar-refractivity contribution in [1.82, 2.24) is 19.9 Å². The van der Waals surface area contributed by atoms with Gasteiger partial charge in [0.25, 0.3) is 5.56 Å². The van der Waals surface area contributed by atoms with Crippen molar-refractivity contribution in [3.05, 3.63) is 22.1 Å². The molecule has 1 saturated carbocycles. The third-order valence-corrected chi connectivity index (χ3v) is 4.97. The van der Waals surface area contributed by atoms with E-state index in [-0.39, 0.29) is 5.56 Å². The zero-order chi connectivity index (χ0) is 15.4. The number of rotatable bonds is 6. The molecule has 1 aliphatic carbocycles. The second-order valence-electron chi connectivity index (χ2n) is 5.76. The van der Waals surface area contributed by atoms with Gasteiger partial charge in [0.2, 0.25) is 10.1 Å². The van der Waals surface area contributed by atoms with E-state index in [0.29, 0.717) is 11.0 Å². The van der Waals surface area contributed by atoms with Crippen LogP contribution in [0.5, 0.6) is 0 Å². The number of nitrogens with one attached hydrogen (secondary N) is 2. The number of aryl methyl sites for hydroxylation is 1. The van der Waals surface area contributed by atoms with Gasteiger partial charge in [-0.15, -0.1) is 5.10 Å². The minimum absolute atomic E-state index is 0.105. The van der Waals surface area contributed by atoms with Crippen LogP contribution in [0.25, 0.3) is 4.96 Å². The molecule has 2 aromatic rings. The molecule has 2 N–H and O–H groups in total. The summed E-state index contributed by atoms with van der Waals surface area (Å²) in [6.07, 6.45) is 7.41. The largest absolute Gasteiger partial charge is 0.359 e. The maximum atomic E-state index is 11.9. The fourth-order valence-electron chi connectivity index (χ4n) is 2.86. The van der Waals surface area contributed by atoms with Crippen molar-refractivity contribution in [2.24, 2.45) is 0 Å². The molecule has 0 spiro atoms. The maximum absolute atomic E-state index is 11.9. The Morgan fingerprint density at radius 3 is 2.91 bits per heavy atom. The quantitative estimate of drug-likeness (QED) is 0.797. The maximum Gasteiger partial charge on any atom is 0.275 e. The fourth-order valence-corrected chi connectivity index (χ4v) is 3.71. The molecule has 1 aliphatic rings. The second kappa shape index (κ2) is 7.19. The highest BCUT2D eigenvalue weighted by Crippen LogP contribution is 2.18. The van der Waals surface area contributed by atoms with Crippen LogP contribution < -0.4 is 16.2 Å². The molecule has 2 heterocycles. The molecule has 3 rings (SSSR count). The van der Waals surface area contributed by atoms with E-state index in [1.54, 1.807) is 6.07 Å². The summed E-state index contributed by atoms with van der Waals surface area (Å²) in [5.74, 6) is 0. The van der Waals surface area contributed by atoms with E-state index < -0.39 is 0 Å². The van der Waals surface area contributed by atoms with Gasteiger partial charge in [-0.3, -0.25) is 4.79 Å². The minimum atomic E-state index is -0.105. The Morgan fingerprint density at radius 1 is 1.32 bits per heavy atom. The third-order valence-electron chi connectivity index (χ3n) is 4.10. The average Bonchev–Trinajstić information content (AvgIpc) is 2.96. The summed E-state index contributed by atoms with van der Waals surface area (Å²) in [7, 11) is 0. The van der Waals surface area contributed by atoms with Gasteiger partial charge in [0.15, 0.2) is 0 Å². The number of anilines is 1. The van der Waals surface area contributed by atoms with Crippen LogP contribution in [0, 0.1) is 0 Å². The van der Waals surface area contributed by atoms with Crippen molar-refractivity contribution >= 4 is 21.4 Å². The zero-order valence-corrected chi connectivity index (χ0v) is 13.8. The highest BCUT2D eigenvalue weighted by Gasteiger charge is 2.12. The minimum Gasteiger partial charge on any atom is -0.359 e. The highest BCUT2D eigenvalue weighted by molar-refractivity contribution is 7.20. The zero-order valence-electron chi connectivity index (χ0n) is 13.0. The van der Waals surface area contributed by atoms with Gasteiger partial charge < -0.3 is 10.6 Å². The molecule has 0 atom stereocenters. The molecule has 7 heteroatoms. The number of fused-ring (bicyclic) bond motifs is 1. The first-order valence-electron chi connectivity index (χ1n) is 8.13. The van der Waals surface area contributed by atoms with Crippen LogP contribution in [0.3, 0.4) is 0 Å². The molecule has 0 bridgehead atoms. The van der Waals surface area contributed by atoms with Gasteiger partial charge in [0, 0.05) is 30.9 Å². The van der Waals surface area contributed by atoms with Crippen molar-refractivity contribution in [2.75, 3.05) is 18.4 Å². The first-order valence-corrected chi connectivity index (χ1v) is 8.95. The van der Waals surface area contributed by atoms with Gasteiger partial charge in [-0.1, -0.05) is 37.5 Å². The Kier molecular flexibility index (Phi) is 5.04. The number of hydrogen-bond donors (Lipinski definition) is 2. The number of aromatic nitrogens is 3. The molecule has 0 unspecified atom stereocenters. The molecule has 0 saturated heterocycles. The lowest BCUT2D eigenvalue weighted by Gasteiger charge is -2.22. The van der Waals surface area contributed by atoms with Crippen molar-refractivity contribution in [1.29, 1.82) is 0 Å². The Bertz CT molecular complexity index is 674. The van der Waals surface area contributed by atoms with Crippen molar-refractivity contribution in [3.8, 4) is 0 Å². The molecule has 2 aromatic heterocycles. The summed E-state index contributed by atoms with van der Waals surface area (Å²) in [5, 5.41) is 11.9. The monoisotopic (exact) mass is 321 g/mol. The van der Waals surface area contributed by atoms with Gasteiger partial charge >= 0.3 is 0 Å². The summed E-state index contributed by atoms with van der Waals surface area (Å²) in [6.45, 7) is 3.73. The average molecular weight is 321 g/mol. The smallest absolute Gasteiger partial charge is 0.275 e. The molecule has 6 nitrogen and oxygen atoms in total. The summed E-state index contributed by atoms with van der Waals surface area (Å²) < 4.78 is 1.38. The normalized spacial score (nSPS) is 16.2. The summed E-state index contributed by atoms with van der Waals surface area (Å²) in [6, 6.07) is 2.23. The molecule has 0 aromatic carbocycles. The lowest BCUT2D eigenvalue weighted by molar-refractivity contribution is 0.378. The van der Waals surface area contributed by atoms with E-state index in [4.69, 9.17) is 0 Å². The predicted molar refractivity (Wildman–Crippen MR) is 89.9 cm³/mol. The van der Waals surface area contributed by atoms with Crippen molar-refractivity contribution < 1.29 is 0 Å². The van der Waals surface area contributed by atoms with Crippen LogP contribution in [-0.2, 0) is 6.42 Å². The fraction of sp³-hybridized carbons (Fsp3) is 0.667. The van der Waals surface area contributed by atoms with Crippen molar-refractivity contribution in [3.63, 3.8) is 0 Å². The standard InChI is InChI=1S/C15H23N5OS/c1-2-11-10-13(21)20-15(18-11)22-14(19-20)17-9-8-16-12-6-4-3-5-7-12/h10,12,16H,2-9H2,1H3,(H,17,19). The van der Waals surface area contributed by atoms with Gasteiger partial charge in [0.05, 0.1) is 0 Å².